The number of likely N-dealkylation sites (N-methyl/N-ethyl adjacent to an activating group) is 1. The van der Waals surface area contributed by atoms with Crippen molar-refractivity contribution in [2.24, 2.45) is 0 Å². The first-order chi connectivity index (χ1) is 14.5. The minimum absolute atomic E-state index is 0.0795. The van der Waals surface area contributed by atoms with Gasteiger partial charge in [0.25, 0.3) is 0 Å². The van der Waals surface area contributed by atoms with Crippen LogP contribution in [0, 0.1) is 0 Å². The average Bonchev–Trinajstić information content (AvgIpc) is 3.18. The third kappa shape index (κ3) is 5.65. The number of carbonyl (C=O) groups excluding carboxylic acids is 1. The SMILES string of the molecule is COc1ccc(SCCC(=O)N(CCN(C)C)c2nc3c(OC)cccc3s2)cc1. The molecule has 30 heavy (non-hydrogen) atoms. The van der Waals surface area contributed by atoms with E-state index in [-0.39, 0.29) is 5.91 Å². The summed E-state index contributed by atoms with van der Waals surface area (Å²) in [5, 5.41) is 0.718. The number of hydrogen-bond donors (Lipinski definition) is 0. The second-order valence-electron chi connectivity index (χ2n) is 6.93. The molecule has 1 amide bonds. The number of fused-ring (bicyclic) bond motifs is 1. The number of rotatable bonds is 10. The minimum atomic E-state index is 0.0795. The molecule has 8 heteroatoms. The van der Waals surface area contributed by atoms with Gasteiger partial charge in [0.1, 0.15) is 17.0 Å². The smallest absolute Gasteiger partial charge is 0.229 e. The predicted molar refractivity (Wildman–Crippen MR) is 125 cm³/mol. The molecule has 0 unspecified atom stereocenters. The molecule has 1 heterocycles. The molecule has 0 atom stereocenters. The van der Waals surface area contributed by atoms with Gasteiger partial charge < -0.3 is 14.4 Å². The van der Waals surface area contributed by atoms with Crippen molar-refractivity contribution in [3.63, 3.8) is 0 Å². The first-order valence-electron chi connectivity index (χ1n) is 9.67. The number of anilines is 1. The lowest BCUT2D eigenvalue weighted by Gasteiger charge is -2.22. The second-order valence-corrected chi connectivity index (χ2v) is 9.10. The molecule has 6 nitrogen and oxygen atoms in total. The predicted octanol–water partition coefficient (Wildman–Crippen LogP) is 4.39. The van der Waals surface area contributed by atoms with Crippen LogP contribution in [0.1, 0.15) is 6.42 Å². The molecule has 0 aliphatic heterocycles. The zero-order valence-corrected chi connectivity index (χ0v) is 19.4. The molecule has 0 saturated heterocycles. The van der Waals surface area contributed by atoms with Gasteiger partial charge in [-0.1, -0.05) is 17.4 Å². The number of methoxy groups -OCH3 is 2. The lowest BCUT2D eigenvalue weighted by Crippen LogP contribution is -2.36. The molecule has 0 aliphatic carbocycles. The van der Waals surface area contributed by atoms with E-state index in [4.69, 9.17) is 14.5 Å². The number of thioether (sulfide) groups is 1. The molecule has 3 aromatic rings. The normalized spacial score (nSPS) is 11.1. The van der Waals surface area contributed by atoms with Crippen molar-refractivity contribution < 1.29 is 14.3 Å². The summed E-state index contributed by atoms with van der Waals surface area (Å²) in [7, 11) is 7.30. The van der Waals surface area contributed by atoms with E-state index in [9.17, 15) is 4.79 Å². The summed E-state index contributed by atoms with van der Waals surface area (Å²) in [5.74, 6) is 2.34. The van der Waals surface area contributed by atoms with Gasteiger partial charge in [0.2, 0.25) is 5.91 Å². The molecule has 0 N–H and O–H groups in total. The molecule has 0 spiro atoms. The van der Waals surface area contributed by atoms with E-state index in [1.165, 1.54) is 11.3 Å². The van der Waals surface area contributed by atoms with Gasteiger partial charge in [0.15, 0.2) is 5.13 Å². The second kappa shape index (κ2) is 10.7. The number of nitrogens with zero attached hydrogens (tertiary/aromatic N) is 3. The summed E-state index contributed by atoms with van der Waals surface area (Å²) in [4.78, 5) is 22.8. The number of aromatic nitrogens is 1. The lowest BCUT2D eigenvalue weighted by molar-refractivity contribution is -0.118. The van der Waals surface area contributed by atoms with Gasteiger partial charge in [0, 0.05) is 30.2 Å². The van der Waals surface area contributed by atoms with Crippen LogP contribution >= 0.6 is 23.1 Å². The molecule has 3 rings (SSSR count). The number of benzene rings is 2. The number of amides is 1. The van der Waals surface area contributed by atoms with E-state index in [0.717, 1.165) is 38.3 Å². The van der Waals surface area contributed by atoms with Crippen LogP contribution in [0.5, 0.6) is 11.5 Å². The quantitative estimate of drug-likeness (QED) is 0.432. The Labute approximate surface area is 185 Å². The molecule has 0 saturated carbocycles. The Morgan fingerprint density at radius 1 is 1.07 bits per heavy atom. The van der Waals surface area contributed by atoms with E-state index >= 15 is 0 Å². The number of ether oxygens (including phenoxy) is 2. The molecule has 160 valence electrons. The Balaban J connectivity index is 1.71. The summed E-state index contributed by atoms with van der Waals surface area (Å²) < 4.78 is 11.6. The maximum atomic E-state index is 13.1. The first kappa shape index (κ1) is 22.4. The molecule has 1 aromatic heterocycles. The van der Waals surface area contributed by atoms with Crippen molar-refractivity contribution in [3.8, 4) is 11.5 Å². The molecule has 0 fully saturated rings. The molecule has 0 aliphatic rings. The summed E-state index contributed by atoms with van der Waals surface area (Å²) in [6.07, 6.45) is 0.442. The zero-order chi connectivity index (χ0) is 21.5. The highest BCUT2D eigenvalue weighted by molar-refractivity contribution is 7.99. The van der Waals surface area contributed by atoms with Crippen molar-refractivity contribution in [1.82, 2.24) is 9.88 Å². The van der Waals surface area contributed by atoms with Gasteiger partial charge in [-0.05, 0) is 50.5 Å². The maximum Gasteiger partial charge on any atom is 0.229 e. The van der Waals surface area contributed by atoms with Crippen molar-refractivity contribution >= 4 is 44.4 Å². The number of hydrogen-bond acceptors (Lipinski definition) is 7. The summed E-state index contributed by atoms with van der Waals surface area (Å²) in [5.41, 5.74) is 0.801. The van der Waals surface area contributed by atoms with E-state index < -0.39 is 0 Å². The summed E-state index contributed by atoms with van der Waals surface area (Å²) in [6, 6.07) is 13.7. The standard InChI is InChI=1S/C22H27N3O3S2/c1-24(2)13-14-25(22-23-21-18(28-4)6-5-7-19(21)30-22)20(26)12-15-29-17-10-8-16(27-3)9-11-17/h5-11H,12-15H2,1-4H3. The van der Waals surface area contributed by atoms with Crippen LogP contribution < -0.4 is 14.4 Å². The highest BCUT2D eigenvalue weighted by atomic mass is 32.2. The van der Waals surface area contributed by atoms with Crippen molar-refractivity contribution in [2.45, 2.75) is 11.3 Å². The van der Waals surface area contributed by atoms with Crippen LogP contribution in [0.25, 0.3) is 10.2 Å². The summed E-state index contributed by atoms with van der Waals surface area (Å²) in [6.45, 7) is 1.37. The van der Waals surface area contributed by atoms with E-state index in [2.05, 4.69) is 4.90 Å². The van der Waals surface area contributed by atoms with Crippen molar-refractivity contribution in [2.75, 3.05) is 52.1 Å². The van der Waals surface area contributed by atoms with Gasteiger partial charge in [-0.25, -0.2) is 4.98 Å². The van der Waals surface area contributed by atoms with Gasteiger partial charge in [0.05, 0.1) is 18.9 Å². The maximum absolute atomic E-state index is 13.1. The Hall–Kier alpha value is -2.29. The largest absolute Gasteiger partial charge is 0.497 e. The van der Waals surface area contributed by atoms with Gasteiger partial charge >= 0.3 is 0 Å². The van der Waals surface area contributed by atoms with Crippen LogP contribution in [0.2, 0.25) is 0 Å². The fourth-order valence-corrected chi connectivity index (χ4v) is 4.75. The fraction of sp³-hybridized carbons (Fsp3) is 0.364. The van der Waals surface area contributed by atoms with E-state index in [1.807, 2.05) is 56.6 Å². The number of para-hydroxylation sites is 1. The topological polar surface area (TPSA) is 54.9 Å². The Kier molecular flexibility index (Phi) is 7.95. The van der Waals surface area contributed by atoms with Gasteiger partial charge in [-0.3, -0.25) is 9.69 Å². The Bertz CT molecular complexity index is 973. The third-order valence-electron chi connectivity index (χ3n) is 4.54. The third-order valence-corrected chi connectivity index (χ3v) is 6.59. The first-order valence-corrected chi connectivity index (χ1v) is 11.5. The molecular weight excluding hydrogens is 418 g/mol. The van der Waals surface area contributed by atoms with Gasteiger partial charge in [-0.2, -0.15) is 0 Å². The number of carbonyl (C=O) groups is 1. The molecular formula is C22H27N3O3S2. The van der Waals surface area contributed by atoms with Crippen LogP contribution in [-0.2, 0) is 4.79 Å². The zero-order valence-electron chi connectivity index (χ0n) is 17.8. The fourth-order valence-electron chi connectivity index (χ4n) is 2.88. The number of thiazole rings is 1. The Morgan fingerprint density at radius 3 is 2.50 bits per heavy atom. The highest BCUT2D eigenvalue weighted by Gasteiger charge is 2.20. The Morgan fingerprint density at radius 2 is 1.83 bits per heavy atom. The minimum Gasteiger partial charge on any atom is -0.497 e. The van der Waals surface area contributed by atoms with Crippen molar-refractivity contribution in [3.05, 3.63) is 42.5 Å². The lowest BCUT2D eigenvalue weighted by atomic mass is 10.3. The van der Waals surface area contributed by atoms with Crippen molar-refractivity contribution in [1.29, 1.82) is 0 Å². The van der Waals surface area contributed by atoms with E-state index in [1.54, 1.807) is 30.9 Å². The van der Waals surface area contributed by atoms with E-state index in [0.29, 0.717) is 18.7 Å². The average molecular weight is 446 g/mol. The van der Waals surface area contributed by atoms with Crippen LogP contribution in [0.15, 0.2) is 47.4 Å². The van der Waals surface area contributed by atoms with Gasteiger partial charge in [-0.15, -0.1) is 11.8 Å². The van der Waals surface area contributed by atoms with Crippen LogP contribution in [0.4, 0.5) is 5.13 Å². The van der Waals surface area contributed by atoms with Crippen LogP contribution in [0.3, 0.4) is 0 Å². The van der Waals surface area contributed by atoms with Crippen LogP contribution in [-0.4, -0.2) is 62.9 Å². The summed E-state index contributed by atoms with van der Waals surface area (Å²) >= 11 is 3.19. The molecule has 0 bridgehead atoms. The molecule has 0 radical (unpaired) electrons. The monoisotopic (exact) mass is 445 g/mol. The highest BCUT2D eigenvalue weighted by Crippen LogP contribution is 2.34. The molecule has 2 aromatic carbocycles.